The van der Waals surface area contributed by atoms with E-state index in [-0.39, 0.29) is 34.9 Å². The standard InChI is InChI=1S/C31H26BrN3O10/c1-35(2)7-4-8-45-33-11-12-9-14-17(30(43)34-12)27(40)22-13(23(14)32)5-6-31(22)28(41)20-21(29(31)42)26(39)19-18(25(20)38)15(36)10-16(44-3)24(19)37/h9-11,38-40H,4-8H2,1-3H3,(H,34,43)/b33-11+/t31-/m0/s1. The molecule has 3 aliphatic carbocycles. The molecule has 0 radical (unpaired) electrons. The maximum Gasteiger partial charge on any atom is 0.260 e. The largest absolute Gasteiger partial charge is 0.507 e. The molecular formula is C31H26BrN3O10. The number of methoxy groups -OCH3 is 1. The lowest BCUT2D eigenvalue weighted by molar-refractivity contribution is 0.0790. The van der Waals surface area contributed by atoms with Gasteiger partial charge in [-0.1, -0.05) is 5.16 Å². The second-order valence-corrected chi connectivity index (χ2v) is 12.0. The summed E-state index contributed by atoms with van der Waals surface area (Å²) in [4.78, 5) is 77.3. The van der Waals surface area contributed by atoms with E-state index in [9.17, 15) is 39.3 Å². The van der Waals surface area contributed by atoms with Gasteiger partial charge in [-0.15, -0.1) is 0 Å². The molecule has 0 bridgehead atoms. The highest BCUT2D eigenvalue weighted by Gasteiger charge is 2.62. The van der Waals surface area contributed by atoms with Crippen molar-refractivity contribution in [1.82, 2.24) is 9.88 Å². The summed E-state index contributed by atoms with van der Waals surface area (Å²) in [5, 5.41) is 37.8. The van der Waals surface area contributed by atoms with Gasteiger partial charge in [0.2, 0.25) is 5.78 Å². The van der Waals surface area contributed by atoms with Crippen molar-refractivity contribution in [3.05, 3.63) is 71.8 Å². The summed E-state index contributed by atoms with van der Waals surface area (Å²) in [5.41, 5.74) is -4.99. The molecule has 13 nitrogen and oxygen atoms in total. The highest BCUT2D eigenvalue weighted by atomic mass is 79.9. The molecule has 6 rings (SSSR count). The third kappa shape index (κ3) is 4.15. The fourth-order valence-electron chi connectivity index (χ4n) is 6.46. The number of carbonyl (C=O) groups is 4. The van der Waals surface area contributed by atoms with Gasteiger partial charge in [0.05, 0.1) is 46.7 Å². The number of carbonyl (C=O) groups excluding carboxylic acids is 4. The first-order valence-corrected chi connectivity index (χ1v) is 14.6. The van der Waals surface area contributed by atoms with E-state index in [1.165, 1.54) is 6.21 Å². The smallest absolute Gasteiger partial charge is 0.260 e. The summed E-state index contributed by atoms with van der Waals surface area (Å²) in [7, 11) is 5.01. The highest BCUT2D eigenvalue weighted by Crippen LogP contribution is 2.58. The molecule has 0 amide bonds. The molecule has 1 atom stereocenters. The fourth-order valence-corrected chi connectivity index (χ4v) is 7.17. The number of phenolic OH excluding ortho intramolecular Hbond substituents is 3. The van der Waals surface area contributed by atoms with Gasteiger partial charge in [-0.25, -0.2) is 0 Å². The van der Waals surface area contributed by atoms with Gasteiger partial charge >= 0.3 is 0 Å². The number of hydrogen-bond donors (Lipinski definition) is 4. The minimum atomic E-state index is -2.14. The van der Waals surface area contributed by atoms with E-state index in [0.29, 0.717) is 16.6 Å². The number of rotatable bonds is 7. The van der Waals surface area contributed by atoms with Crippen LogP contribution in [0.2, 0.25) is 0 Å². The van der Waals surface area contributed by atoms with Crippen LogP contribution in [0.15, 0.2) is 32.3 Å². The Morgan fingerprint density at radius 1 is 1.02 bits per heavy atom. The number of H-pyrrole nitrogens is 1. The van der Waals surface area contributed by atoms with Crippen LogP contribution in [0.25, 0.3) is 10.8 Å². The predicted octanol–water partition coefficient (Wildman–Crippen LogP) is 2.88. The Bertz CT molecular complexity index is 2030. The number of aromatic amines is 1. The summed E-state index contributed by atoms with van der Waals surface area (Å²) < 4.78 is 5.27. The van der Waals surface area contributed by atoms with Crippen LogP contribution in [-0.4, -0.2) is 88.9 Å². The number of phenols is 3. The first-order chi connectivity index (χ1) is 21.4. The van der Waals surface area contributed by atoms with E-state index in [4.69, 9.17) is 9.57 Å². The molecule has 1 spiro atoms. The lowest BCUT2D eigenvalue weighted by Crippen LogP contribution is -2.36. The minimum absolute atomic E-state index is 0.0879. The maximum absolute atomic E-state index is 14.2. The van der Waals surface area contributed by atoms with Gasteiger partial charge in [0, 0.05) is 28.0 Å². The quantitative estimate of drug-likeness (QED) is 0.0942. The second-order valence-electron chi connectivity index (χ2n) is 11.3. The molecule has 1 aromatic heterocycles. The zero-order chi connectivity index (χ0) is 32.5. The Balaban J connectivity index is 1.47. The summed E-state index contributed by atoms with van der Waals surface area (Å²) in [6.45, 7) is 1.17. The van der Waals surface area contributed by atoms with Crippen molar-refractivity contribution in [3.8, 4) is 17.2 Å². The lowest BCUT2D eigenvalue weighted by Gasteiger charge is -2.23. The van der Waals surface area contributed by atoms with E-state index in [0.717, 1.165) is 26.2 Å². The van der Waals surface area contributed by atoms with Crippen molar-refractivity contribution in [2.24, 2.45) is 5.16 Å². The third-order valence-corrected chi connectivity index (χ3v) is 9.38. The molecule has 3 aromatic rings. The molecule has 0 saturated heterocycles. The van der Waals surface area contributed by atoms with Gasteiger partial charge in [-0.2, -0.15) is 0 Å². The molecule has 0 saturated carbocycles. The summed E-state index contributed by atoms with van der Waals surface area (Å²) in [6, 6.07) is 1.55. The van der Waals surface area contributed by atoms with Gasteiger partial charge in [-0.3, -0.25) is 24.0 Å². The van der Waals surface area contributed by atoms with E-state index >= 15 is 0 Å². The number of allylic oxidation sites excluding steroid dienone is 2. The highest BCUT2D eigenvalue weighted by molar-refractivity contribution is 9.10. The molecule has 0 aliphatic heterocycles. The molecular weight excluding hydrogens is 654 g/mol. The number of fused-ring (bicyclic) bond motifs is 5. The normalized spacial score (nSPS) is 18.7. The molecule has 1 heterocycles. The van der Waals surface area contributed by atoms with Crippen LogP contribution >= 0.6 is 15.9 Å². The van der Waals surface area contributed by atoms with E-state index in [2.05, 4.69) is 26.1 Å². The number of halogens is 1. The van der Waals surface area contributed by atoms with Crippen molar-refractivity contribution in [2.45, 2.75) is 24.7 Å². The average Bonchev–Trinajstić information content (AvgIpc) is 3.50. The zero-order valence-electron chi connectivity index (χ0n) is 24.2. The lowest BCUT2D eigenvalue weighted by atomic mass is 9.76. The number of aromatic hydroxyl groups is 3. The monoisotopic (exact) mass is 679 g/mol. The molecule has 14 heteroatoms. The first kappa shape index (κ1) is 30.2. The molecule has 4 N–H and O–H groups in total. The van der Waals surface area contributed by atoms with Gasteiger partial charge in [0.25, 0.3) is 5.56 Å². The van der Waals surface area contributed by atoms with Crippen LogP contribution in [0.1, 0.15) is 71.1 Å². The number of benzene rings is 2. The number of aromatic nitrogens is 1. The minimum Gasteiger partial charge on any atom is -0.507 e. The van der Waals surface area contributed by atoms with Gasteiger partial charge in [0.1, 0.15) is 29.3 Å². The van der Waals surface area contributed by atoms with Gasteiger partial charge in [-0.05, 0) is 60.9 Å². The van der Waals surface area contributed by atoms with Crippen molar-refractivity contribution in [1.29, 1.82) is 0 Å². The van der Waals surface area contributed by atoms with Crippen molar-refractivity contribution in [2.75, 3.05) is 34.4 Å². The van der Waals surface area contributed by atoms with E-state index in [1.807, 2.05) is 19.0 Å². The number of ether oxygens (including phenoxy) is 1. The van der Waals surface area contributed by atoms with Crippen molar-refractivity contribution in [3.63, 3.8) is 0 Å². The van der Waals surface area contributed by atoms with Crippen LogP contribution in [-0.2, 0) is 21.4 Å². The predicted molar refractivity (Wildman–Crippen MR) is 163 cm³/mol. The Hall–Kier alpha value is -4.82. The molecule has 45 heavy (non-hydrogen) atoms. The maximum atomic E-state index is 14.2. The van der Waals surface area contributed by atoms with Crippen LogP contribution in [0.5, 0.6) is 17.2 Å². The third-order valence-electron chi connectivity index (χ3n) is 8.47. The summed E-state index contributed by atoms with van der Waals surface area (Å²) in [6.07, 6.45) is 2.77. The number of oxime groups is 1. The Morgan fingerprint density at radius 2 is 1.69 bits per heavy atom. The van der Waals surface area contributed by atoms with Crippen molar-refractivity contribution < 1.29 is 44.1 Å². The molecule has 2 aromatic carbocycles. The Kier molecular flexibility index (Phi) is 7.16. The van der Waals surface area contributed by atoms with E-state index < -0.39 is 79.4 Å². The fraction of sp³-hybridized carbons (Fsp3) is 0.290. The number of nitrogens with zero attached hydrogens (tertiary/aromatic N) is 2. The number of pyridine rings is 1. The van der Waals surface area contributed by atoms with Crippen LogP contribution in [0.4, 0.5) is 0 Å². The van der Waals surface area contributed by atoms with Gasteiger partial charge < -0.3 is 34.8 Å². The Morgan fingerprint density at radius 3 is 2.33 bits per heavy atom. The first-order valence-electron chi connectivity index (χ1n) is 13.8. The summed E-state index contributed by atoms with van der Waals surface area (Å²) >= 11 is 3.49. The van der Waals surface area contributed by atoms with Crippen LogP contribution < -0.4 is 5.56 Å². The average molecular weight is 680 g/mol. The number of Topliss-reactive ketones (excluding diaryl/α,β-unsaturated/α-hetero) is 3. The molecule has 0 unspecified atom stereocenters. The van der Waals surface area contributed by atoms with Crippen LogP contribution in [0.3, 0.4) is 0 Å². The zero-order valence-corrected chi connectivity index (χ0v) is 25.8. The molecule has 232 valence electrons. The SMILES string of the molecule is COC1=CC(=O)c2c(O)c3c(c(O)c2C1=O)C(=O)[C@]1(CCc2c1c(O)c1c(=O)[nH]c(/C=N/OCCCN(C)C)cc1c2Br)C3=O. The molecule has 0 fully saturated rings. The number of hydrogen-bond acceptors (Lipinski definition) is 12. The Labute approximate surface area is 262 Å². The molecule has 3 aliphatic rings. The summed E-state index contributed by atoms with van der Waals surface area (Å²) in [5.74, 6) is -6.77. The number of ketones is 4. The van der Waals surface area contributed by atoms with Gasteiger partial charge in [0.15, 0.2) is 23.1 Å². The topological polar surface area (TPSA) is 196 Å². The van der Waals surface area contributed by atoms with Crippen molar-refractivity contribution >= 4 is 56.0 Å². The van der Waals surface area contributed by atoms with E-state index in [1.54, 1.807) is 6.07 Å². The van der Waals surface area contributed by atoms with Crippen LogP contribution in [0, 0.1) is 0 Å². The second kappa shape index (κ2) is 10.7. The number of nitrogens with one attached hydrogen (secondary N) is 1.